The molecule has 2 amide bonds. The minimum Gasteiger partial charge on any atom is -0.379 e. The number of benzene rings is 1. The van der Waals surface area contributed by atoms with Gasteiger partial charge in [0, 0.05) is 26.6 Å². The summed E-state index contributed by atoms with van der Waals surface area (Å²) in [4.78, 5) is 36.9. The molecule has 1 aliphatic rings. The Morgan fingerprint density at radius 3 is 2.17 bits per heavy atom. The molecule has 36 heavy (non-hydrogen) atoms. The lowest BCUT2D eigenvalue weighted by Crippen LogP contribution is -2.44. The molecule has 1 aromatic heterocycles. The van der Waals surface area contributed by atoms with Gasteiger partial charge in [-0.25, -0.2) is 4.79 Å². The first-order valence-corrected chi connectivity index (χ1v) is 12.1. The van der Waals surface area contributed by atoms with E-state index in [2.05, 4.69) is 5.32 Å². The zero-order valence-electron chi connectivity index (χ0n) is 20.7. The van der Waals surface area contributed by atoms with Gasteiger partial charge in [-0.3, -0.25) is 24.0 Å². The van der Waals surface area contributed by atoms with Gasteiger partial charge in [0.25, 0.3) is 0 Å². The Labute approximate surface area is 216 Å². The van der Waals surface area contributed by atoms with Crippen LogP contribution < -0.4 is 16.7 Å². The highest BCUT2D eigenvalue weighted by Crippen LogP contribution is 2.25. The second-order valence-electron chi connectivity index (χ2n) is 8.31. The third-order valence-corrected chi connectivity index (χ3v) is 5.82. The largest absolute Gasteiger partial charge is 0.379 e. The summed E-state index contributed by atoms with van der Waals surface area (Å²) >= 11 is 0. The average Bonchev–Trinajstić information content (AvgIpc) is 3.10. The lowest BCUT2D eigenvalue weighted by molar-refractivity contribution is -0.135. The first kappa shape index (κ1) is 29.9. The fourth-order valence-electron chi connectivity index (χ4n) is 4.16. The molecule has 0 bridgehead atoms. The Hall–Kier alpha value is -2.28. The predicted molar refractivity (Wildman–Crippen MR) is 136 cm³/mol. The third-order valence-electron chi connectivity index (χ3n) is 5.82. The molecule has 3 N–H and O–H groups in total. The van der Waals surface area contributed by atoms with Gasteiger partial charge in [-0.15, -0.1) is 12.4 Å². The minimum atomic E-state index is -0.683. The van der Waals surface area contributed by atoms with Crippen LogP contribution in [0.4, 0.5) is 0 Å². The van der Waals surface area contributed by atoms with E-state index in [0.717, 1.165) is 23.9 Å². The molecule has 1 unspecified atom stereocenters. The summed E-state index contributed by atoms with van der Waals surface area (Å²) < 4.78 is 24.8. The molecule has 2 aromatic rings. The van der Waals surface area contributed by atoms with Crippen molar-refractivity contribution in [1.29, 1.82) is 0 Å². The smallest absolute Gasteiger partial charge is 0.329 e. The first-order valence-electron chi connectivity index (χ1n) is 12.1. The van der Waals surface area contributed by atoms with E-state index in [1.54, 1.807) is 11.6 Å². The molecule has 1 aromatic carbocycles. The van der Waals surface area contributed by atoms with Crippen LogP contribution in [0.3, 0.4) is 0 Å². The van der Waals surface area contributed by atoms with Gasteiger partial charge in [0.2, 0.25) is 11.8 Å². The Bertz CT molecular complexity index is 1040. The van der Waals surface area contributed by atoms with Crippen molar-refractivity contribution in [2.24, 2.45) is 12.8 Å². The fraction of sp³-hybridized carbons (Fsp3) is 0.625. The molecule has 11 nitrogen and oxygen atoms in total. The number of carbonyl (C=O) groups excluding carboxylic acids is 2. The predicted octanol–water partition coefficient (Wildman–Crippen LogP) is 0.697. The number of rotatable bonds is 16. The maximum atomic E-state index is 13.0. The van der Waals surface area contributed by atoms with Crippen LogP contribution in [-0.2, 0) is 42.0 Å². The molecule has 0 spiro atoms. The highest BCUT2D eigenvalue weighted by molar-refractivity contribution is 6.00. The number of nitrogens with one attached hydrogen (secondary N) is 1. The number of para-hydroxylation sites is 1. The number of hydrogen-bond acceptors (Lipinski definition) is 8. The maximum Gasteiger partial charge on any atom is 0.329 e. The van der Waals surface area contributed by atoms with Crippen molar-refractivity contribution in [1.82, 2.24) is 14.5 Å². The Morgan fingerprint density at radius 1 is 0.944 bits per heavy atom. The van der Waals surface area contributed by atoms with Crippen LogP contribution in [0.2, 0.25) is 0 Å². The molecular weight excluding hydrogens is 492 g/mol. The Kier molecular flexibility index (Phi) is 13.1. The van der Waals surface area contributed by atoms with E-state index in [0.29, 0.717) is 71.3 Å². The highest BCUT2D eigenvalue weighted by Gasteiger charge is 2.31. The van der Waals surface area contributed by atoms with Crippen molar-refractivity contribution in [2.45, 2.75) is 31.7 Å². The van der Waals surface area contributed by atoms with E-state index in [-0.39, 0.29) is 30.4 Å². The molecule has 0 aliphatic carbocycles. The van der Waals surface area contributed by atoms with Crippen LogP contribution in [0, 0.1) is 0 Å². The van der Waals surface area contributed by atoms with E-state index < -0.39 is 11.9 Å². The molecule has 12 heteroatoms. The van der Waals surface area contributed by atoms with Gasteiger partial charge in [0.05, 0.1) is 57.3 Å². The van der Waals surface area contributed by atoms with Crippen LogP contribution in [-0.4, -0.2) is 80.3 Å². The Balaban J connectivity index is 0.00000456. The standard InChI is InChI=1S/C24H36N4O7.ClH/c1-27-22-18(5-3-10-32-12-14-34-16-17-35-15-13-33-11-9-25)4-2-6-19(22)28(24(27)31)20-7-8-21(29)26-23(20)30;/h2,4,6,20H,3,5,7-17,25H2,1H3,(H,26,29,30);1H. The zero-order chi connectivity index (χ0) is 25.0. The molecule has 1 saturated heterocycles. The Morgan fingerprint density at radius 2 is 1.56 bits per heavy atom. The van der Waals surface area contributed by atoms with E-state index in [9.17, 15) is 14.4 Å². The summed E-state index contributed by atoms with van der Waals surface area (Å²) in [6, 6.07) is 5.04. The second-order valence-corrected chi connectivity index (χ2v) is 8.31. The molecule has 0 saturated carbocycles. The summed E-state index contributed by atoms with van der Waals surface area (Å²) in [7, 11) is 1.71. The van der Waals surface area contributed by atoms with Crippen LogP contribution in [0.5, 0.6) is 0 Å². The molecule has 1 aliphatic heterocycles. The highest BCUT2D eigenvalue weighted by atomic mass is 35.5. The molecule has 1 fully saturated rings. The fourth-order valence-corrected chi connectivity index (χ4v) is 4.16. The average molecular weight is 529 g/mol. The lowest BCUT2D eigenvalue weighted by Gasteiger charge is -2.21. The molecule has 0 radical (unpaired) electrons. The molecule has 202 valence electrons. The van der Waals surface area contributed by atoms with Crippen molar-refractivity contribution >= 4 is 35.3 Å². The number of carbonyl (C=O) groups is 2. The van der Waals surface area contributed by atoms with Crippen molar-refractivity contribution in [2.75, 3.05) is 59.4 Å². The van der Waals surface area contributed by atoms with Crippen molar-refractivity contribution in [3.05, 3.63) is 34.2 Å². The van der Waals surface area contributed by atoms with Crippen LogP contribution in [0.15, 0.2) is 23.0 Å². The number of piperidine rings is 1. The van der Waals surface area contributed by atoms with Gasteiger partial charge in [0.1, 0.15) is 6.04 Å². The molecule has 2 heterocycles. The number of halogens is 1. The third kappa shape index (κ3) is 8.12. The minimum absolute atomic E-state index is 0. The normalized spacial score (nSPS) is 15.8. The number of aryl methyl sites for hydroxylation is 2. The number of hydrogen-bond donors (Lipinski definition) is 2. The van der Waals surface area contributed by atoms with Crippen LogP contribution in [0.25, 0.3) is 11.0 Å². The van der Waals surface area contributed by atoms with Crippen LogP contribution in [0.1, 0.15) is 30.9 Å². The van der Waals surface area contributed by atoms with E-state index >= 15 is 0 Å². The summed E-state index contributed by atoms with van der Waals surface area (Å²) in [5, 5.41) is 2.34. The zero-order valence-corrected chi connectivity index (χ0v) is 21.6. The number of fused-ring (bicyclic) bond motifs is 1. The summed E-state index contributed by atoms with van der Waals surface area (Å²) in [5.74, 6) is -0.733. The number of ether oxygens (including phenoxy) is 4. The van der Waals surface area contributed by atoms with Crippen molar-refractivity contribution < 1.29 is 28.5 Å². The van der Waals surface area contributed by atoms with Gasteiger partial charge < -0.3 is 24.7 Å². The topological polar surface area (TPSA) is 136 Å². The van der Waals surface area contributed by atoms with Crippen molar-refractivity contribution in [3.8, 4) is 0 Å². The summed E-state index contributed by atoms with van der Waals surface area (Å²) in [5.41, 5.74) is 7.59. The number of nitrogens with two attached hydrogens (primary N) is 1. The van der Waals surface area contributed by atoms with Crippen molar-refractivity contribution in [3.63, 3.8) is 0 Å². The number of amides is 2. The quantitative estimate of drug-likeness (QED) is 0.240. The monoisotopic (exact) mass is 528 g/mol. The SMILES string of the molecule is Cl.Cn1c(=O)n(C2CCC(=O)NC2=O)c2cccc(CCCOCCOCCOCCOCCN)c21. The van der Waals surface area contributed by atoms with Gasteiger partial charge in [0.15, 0.2) is 0 Å². The number of aromatic nitrogens is 2. The number of nitrogens with zero attached hydrogens (tertiary/aromatic N) is 2. The van der Waals surface area contributed by atoms with E-state index in [4.69, 9.17) is 24.7 Å². The van der Waals surface area contributed by atoms with E-state index in [1.165, 1.54) is 4.57 Å². The lowest BCUT2D eigenvalue weighted by atomic mass is 10.0. The number of imidazole rings is 1. The number of imide groups is 1. The van der Waals surface area contributed by atoms with Gasteiger partial charge in [-0.05, 0) is 30.9 Å². The molecular formula is C24H37ClN4O7. The maximum absolute atomic E-state index is 13.0. The molecule has 3 rings (SSSR count). The summed E-state index contributed by atoms with van der Waals surface area (Å²) in [6.07, 6.45) is 2.05. The van der Waals surface area contributed by atoms with Gasteiger partial charge in [-0.2, -0.15) is 0 Å². The second kappa shape index (κ2) is 15.7. The summed E-state index contributed by atoms with van der Waals surface area (Å²) in [6.45, 7) is 4.67. The molecule has 1 atom stereocenters. The van der Waals surface area contributed by atoms with Gasteiger partial charge >= 0.3 is 5.69 Å². The van der Waals surface area contributed by atoms with Gasteiger partial charge in [-0.1, -0.05) is 12.1 Å². The first-order chi connectivity index (χ1) is 17.0. The van der Waals surface area contributed by atoms with E-state index in [1.807, 2.05) is 18.2 Å². The van der Waals surface area contributed by atoms with Crippen LogP contribution >= 0.6 is 12.4 Å².